The van der Waals surface area contributed by atoms with Gasteiger partial charge in [-0.2, -0.15) is 0 Å². The maximum absolute atomic E-state index is 11.9. The van der Waals surface area contributed by atoms with Crippen molar-refractivity contribution in [3.8, 4) is 0 Å². The predicted octanol–water partition coefficient (Wildman–Crippen LogP) is 4.36. The van der Waals surface area contributed by atoms with Crippen LogP contribution in [0.5, 0.6) is 0 Å². The molecule has 33 heavy (non-hydrogen) atoms. The van der Waals surface area contributed by atoms with Gasteiger partial charge in [0, 0.05) is 6.42 Å². The summed E-state index contributed by atoms with van der Waals surface area (Å²) in [5.74, 6) is -0.503. The molecule has 0 amide bonds. The maximum atomic E-state index is 11.9. The number of quaternary nitrogens is 1. The summed E-state index contributed by atoms with van der Waals surface area (Å²) in [6.45, 7) is 1.71. The SMILES string of the molecule is CCCCCCCCCCC/C=C\CCC(=O)OC(CO)COP(=O)([O-])OCC[N+](C)(C)C. The minimum Gasteiger partial charge on any atom is -0.756 e. The Kier molecular flexibility index (Phi) is 19.1. The number of esters is 1. The van der Waals surface area contributed by atoms with E-state index < -0.39 is 33.1 Å². The maximum Gasteiger partial charge on any atom is 0.306 e. The minimum atomic E-state index is -4.51. The van der Waals surface area contributed by atoms with Crippen LogP contribution in [-0.2, 0) is 23.1 Å². The molecule has 0 aliphatic rings. The highest BCUT2D eigenvalue weighted by Gasteiger charge is 2.19. The van der Waals surface area contributed by atoms with Crippen LogP contribution in [0.15, 0.2) is 12.2 Å². The van der Waals surface area contributed by atoms with Crippen molar-refractivity contribution < 1.29 is 37.6 Å². The van der Waals surface area contributed by atoms with Crippen LogP contribution in [0.1, 0.15) is 84.0 Å². The van der Waals surface area contributed by atoms with E-state index in [1.807, 2.05) is 27.2 Å². The third kappa shape index (κ3) is 22.8. The first-order valence-corrected chi connectivity index (χ1v) is 13.9. The van der Waals surface area contributed by atoms with E-state index in [0.29, 0.717) is 17.4 Å². The van der Waals surface area contributed by atoms with E-state index in [1.165, 1.54) is 51.4 Å². The van der Waals surface area contributed by atoms with Crippen molar-refractivity contribution in [3.63, 3.8) is 0 Å². The lowest BCUT2D eigenvalue weighted by Gasteiger charge is -2.28. The van der Waals surface area contributed by atoms with Crippen LogP contribution in [0.3, 0.4) is 0 Å². The fraction of sp³-hybridized carbons (Fsp3) is 0.875. The highest BCUT2D eigenvalue weighted by molar-refractivity contribution is 7.45. The Morgan fingerprint density at radius 1 is 0.970 bits per heavy atom. The number of hydrogen-bond donors (Lipinski definition) is 1. The zero-order valence-corrected chi connectivity index (χ0v) is 22.2. The van der Waals surface area contributed by atoms with Crippen molar-refractivity contribution in [2.45, 2.75) is 90.1 Å². The Balaban J connectivity index is 3.85. The molecule has 0 fully saturated rings. The Hall–Kier alpha value is -0.760. The summed E-state index contributed by atoms with van der Waals surface area (Å²) in [5, 5.41) is 9.33. The number of ether oxygens (including phenoxy) is 1. The summed E-state index contributed by atoms with van der Waals surface area (Å²) in [6, 6.07) is 0. The molecule has 0 saturated carbocycles. The molecular formula is C24H48NO7P. The molecule has 8 nitrogen and oxygen atoms in total. The van der Waals surface area contributed by atoms with Gasteiger partial charge < -0.3 is 28.3 Å². The van der Waals surface area contributed by atoms with Crippen LogP contribution in [0.25, 0.3) is 0 Å². The number of nitrogens with zero attached hydrogens (tertiary/aromatic N) is 1. The van der Waals surface area contributed by atoms with E-state index in [1.54, 1.807) is 0 Å². The number of allylic oxidation sites excluding steroid dienone is 2. The molecule has 0 bridgehead atoms. The molecule has 0 heterocycles. The van der Waals surface area contributed by atoms with Crippen LogP contribution >= 0.6 is 7.82 Å². The van der Waals surface area contributed by atoms with Gasteiger partial charge in [-0.25, -0.2) is 0 Å². The highest BCUT2D eigenvalue weighted by Crippen LogP contribution is 2.38. The van der Waals surface area contributed by atoms with Crippen molar-refractivity contribution in [2.75, 3.05) is 47.5 Å². The van der Waals surface area contributed by atoms with Gasteiger partial charge in [0.05, 0.1) is 34.4 Å². The topological polar surface area (TPSA) is 105 Å². The second-order valence-electron chi connectivity index (χ2n) is 9.51. The molecule has 0 aromatic rings. The number of phosphoric ester groups is 1. The number of aliphatic hydroxyl groups is 1. The van der Waals surface area contributed by atoms with Crippen molar-refractivity contribution in [2.24, 2.45) is 0 Å². The van der Waals surface area contributed by atoms with Gasteiger partial charge in [0.15, 0.2) is 0 Å². The van der Waals surface area contributed by atoms with Crippen LogP contribution in [0.2, 0.25) is 0 Å². The summed E-state index contributed by atoms with van der Waals surface area (Å²) in [5.41, 5.74) is 0. The molecule has 196 valence electrons. The molecule has 0 aromatic heterocycles. The van der Waals surface area contributed by atoms with Gasteiger partial charge in [-0.1, -0.05) is 70.4 Å². The summed E-state index contributed by atoms with van der Waals surface area (Å²) >= 11 is 0. The first-order valence-electron chi connectivity index (χ1n) is 12.5. The van der Waals surface area contributed by atoms with Crippen LogP contribution in [0, 0.1) is 0 Å². The average molecular weight is 494 g/mol. The normalized spacial score (nSPS) is 15.0. The molecule has 0 rings (SSSR count). The van der Waals surface area contributed by atoms with Crippen LogP contribution in [-0.4, -0.2) is 69.2 Å². The number of likely N-dealkylation sites (N-methyl/N-ethyl adjacent to an activating group) is 1. The fourth-order valence-electron chi connectivity index (χ4n) is 3.02. The zero-order chi connectivity index (χ0) is 25.0. The van der Waals surface area contributed by atoms with Crippen LogP contribution < -0.4 is 4.89 Å². The van der Waals surface area contributed by atoms with E-state index in [2.05, 4.69) is 13.0 Å². The Labute approximate surface area is 201 Å². The van der Waals surface area contributed by atoms with Gasteiger partial charge >= 0.3 is 5.97 Å². The lowest BCUT2D eigenvalue weighted by Crippen LogP contribution is -2.37. The number of phosphoric acid groups is 1. The van der Waals surface area contributed by atoms with Gasteiger partial charge in [0.1, 0.15) is 19.3 Å². The fourth-order valence-corrected chi connectivity index (χ4v) is 3.75. The molecule has 0 saturated heterocycles. The molecular weight excluding hydrogens is 445 g/mol. The largest absolute Gasteiger partial charge is 0.756 e. The predicted molar refractivity (Wildman–Crippen MR) is 130 cm³/mol. The lowest BCUT2D eigenvalue weighted by molar-refractivity contribution is -0.870. The number of carbonyl (C=O) groups excluding carboxylic acids is 1. The number of rotatable bonds is 22. The molecule has 0 radical (unpaired) electrons. The van der Waals surface area contributed by atoms with Gasteiger partial charge in [-0.05, 0) is 19.3 Å². The van der Waals surface area contributed by atoms with E-state index in [4.69, 9.17) is 13.8 Å². The second kappa shape index (κ2) is 19.5. The number of unbranched alkanes of at least 4 members (excludes halogenated alkanes) is 9. The van der Waals surface area contributed by atoms with Crippen molar-refractivity contribution in [1.29, 1.82) is 0 Å². The number of hydrogen-bond acceptors (Lipinski definition) is 7. The molecule has 9 heteroatoms. The molecule has 2 atom stereocenters. The summed E-state index contributed by atoms with van der Waals surface area (Å²) in [6.07, 6.45) is 16.4. The summed E-state index contributed by atoms with van der Waals surface area (Å²) < 4.78 is 26.9. The minimum absolute atomic E-state index is 0.0146. The van der Waals surface area contributed by atoms with Crippen LogP contribution in [0.4, 0.5) is 0 Å². The summed E-state index contributed by atoms with van der Waals surface area (Å²) in [4.78, 5) is 23.7. The number of carbonyl (C=O) groups is 1. The standard InChI is InChI=1S/C24H48NO7P/c1-5-6-7-8-9-10-11-12-13-14-15-16-17-18-24(27)32-23(21-26)22-31-33(28,29)30-20-19-25(2,3)4/h15-16,23,26H,5-14,17-22H2,1-4H3/b16-15-. The van der Waals surface area contributed by atoms with Gasteiger partial charge in [0.25, 0.3) is 7.82 Å². The molecule has 0 spiro atoms. The van der Waals surface area contributed by atoms with Crippen molar-refractivity contribution >= 4 is 13.8 Å². The smallest absolute Gasteiger partial charge is 0.306 e. The van der Waals surface area contributed by atoms with Crippen molar-refractivity contribution in [3.05, 3.63) is 12.2 Å². The Morgan fingerprint density at radius 3 is 2.12 bits per heavy atom. The van der Waals surface area contributed by atoms with Gasteiger partial charge in [0.2, 0.25) is 0 Å². The third-order valence-corrected chi connectivity index (χ3v) is 6.05. The van der Waals surface area contributed by atoms with E-state index in [-0.39, 0.29) is 13.0 Å². The molecule has 0 aromatic carbocycles. The molecule has 0 aliphatic carbocycles. The van der Waals surface area contributed by atoms with E-state index in [9.17, 15) is 19.4 Å². The average Bonchev–Trinajstić information content (AvgIpc) is 2.73. The highest BCUT2D eigenvalue weighted by atomic mass is 31.2. The monoisotopic (exact) mass is 493 g/mol. The Bertz CT molecular complexity index is 564. The molecule has 0 aliphatic heterocycles. The molecule has 2 unspecified atom stereocenters. The number of aliphatic hydroxyl groups excluding tert-OH is 1. The quantitative estimate of drug-likeness (QED) is 0.0785. The van der Waals surface area contributed by atoms with Crippen molar-refractivity contribution in [1.82, 2.24) is 0 Å². The van der Waals surface area contributed by atoms with E-state index >= 15 is 0 Å². The Morgan fingerprint density at radius 2 is 1.55 bits per heavy atom. The molecule has 1 N–H and O–H groups in total. The lowest BCUT2D eigenvalue weighted by atomic mass is 10.1. The van der Waals surface area contributed by atoms with Gasteiger partial charge in [-0.15, -0.1) is 0 Å². The zero-order valence-electron chi connectivity index (χ0n) is 21.3. The summed E-state index contributed by atoms with van der Waals surface area (Å²) in [7, 11) is 1.22. The third-order valence-electron chi connectivity index (χ3n) is 5.09. The van der Waals surface area contributed by atoms with Gasteiger partial charge in [-0.3, -0.25) is 9.36 Å². The first-order chi connectivity index (χ1) is 15.6. The second-order valence-corrected chi connectivity index (χ2v) is 10.9. The van der Waals surface area contributed by atoms with E-state index in [0.717, 1.165) is 12.8 Å². The first kappa shape index (κ1) is 32.2.